The Morgan fingerprint density at radius 3 is 2.43 bits per heavy atom. The van der Waals surface area contributed by atoms with Crippen LogP contribution >= 0.6 is 0 Å². The average molecular weight is 305 g/mol. The van der Waals surface area contributed by atoms with Crippen LogP contribution in [-0.4, -0.2) is 25.8 Å². The summed E-state index contributed by atoms with van der Waals surface area (Å²) in [6.45, 7) is 4.85. The maximum Gasteiger partial charge on any atom is 0.243 e. The Kier molecular flexibility index (Phi) is 5.37. The van der Waals surface area contributed by atoms with Crippen LogP contribution in [0.3, 0.4) is 0 Å². The molecule has 3 nitrogen and oxygen atoms in total. The molecule has 1 heterocycles. The van der Waals surface area contributed by atoms with Crippen molar-refractivity contribution in [3.05, 3.63) is 53.6 Å². The van der Waals surface area contributed by atoms with Crippen molar-refractivity contribution in [2.45, 2.75) is 38.0 Å². The van der Waals surface area contributed by atoms with Crippen LogP contribution in [-0.2, 0) is 10.0 Å². The van der Waals surface area contributed by atoms with Gasteiger partial charge in [0.2, 0.25) is 10.0 Å². The Balaban J connectivity index is 2.30. The van der Waals surface area contributed by atoms with E-state index >= 15 is 0 Å². The van der Waals surface area contributed by atoms with E-state index in [1.807, 2.05) is 32.1 Å². The normalized spacial score (nSPS) is 22.3. The topological polar surface area (TPSA) is 37.4 Å². The molecule has 0 fully saturated rings. The van der Waals surface area contributed by atoms with Crippen LogP contribution in [0.15, 0.2) is 53.0 Å². The standard InChI is InChI=1S/C17H23NO2S/c1-15-9-11-17(12-10-15)21(19,20)18-13-7-5-3-4-6-8-16(2)14-18/h5,7-12H,3-4,6,13-14H2,1-2H3/b7-5+,16-8-. The number of nitrogens with zero attached hydrogens (tertiary/aromatic N) is 1. The van der Waals surface area contributed by atoms with E-state index < -0.39 is 10.0 Å². The van der Waals surface area contributed by atoms with Crippen LogP contribution < -0.4 is 0 Å². The van der Waals surface area contributed by atoms with Crippen molar-refractivity contribution in [3.63, 3.8) is 0 Å². The zero-order valence-electron chi connectivity index (χ0n) is 12.7. The van der Waals surface area contributed by atoms with E-state index in [-0.39, 0.29) is 0 Å². The molecule has 0 saturated carbocycles. The molecule has 4 heteroatoms. The number of aryl methyl sites for hydroxylation is 1. The van der Waals surface area contributed by atoms with E-state index in [9.17, 15) is 8.42 Å². The van der Waals surface area contributed by atoms with Gasteiger partial charge in [-0.15, -0.1) is 0 Å². The summed E-state index contributed by atoms with van der Waals surface area (Å²) in [6, 6.07) is 7.05. The van der Waals surface area contributed by atoms with Crippen LogP contribution in [0, 0.1) is 6.92 Å². The fraction of sp³-hybridized carbons (Fsp3) is 0.412. The summed E-state index contributed by atoms with van der Waals surface area (Å²) in [7, 11) is -3.44. The van der Waals surface area contributed by atoms with Gasteiger partial charge in [-0.25, -0.2) is 8.42 Å². The average Bonchev–Trinajstić information content (AvgIpc) is 2.46. The number of benzene rings is 1. The van der Waals surface area contributed by atoms with Crippen LogP contribution in [0.2, 0.25) is 0 Å². The monoisotopic (exact) mass is 305 g/mol. The van der Waals surface area contributed by atoms with Gasteiger partial charge in [0.15, 0.2) is 0 Å². The number of hydrogen-bond acceptors (Lipinski definition) is 2. The lowest BCUT2D eigenvalue weighted by Gasteiger charge is -2.22. The fourth-order valence-electron chi connectivity index (χ4n) is 2.34. The van der Waals surface area contributed by atoms with Crippen molar-refractivity contribution >= 4 is 10.0 Å². The van der Waals surface area contributed by atoms with Gasteiger partial charge in [-0.05, 0) is 45.2 Å². The minimum atomic E-state index is -3.44. The largest absolute Gasteiger partial charge is 0.243 e. The van der Waals surface area contributed by atoms with Crippen LogP contribution in [0.4, 0.5) is 0 Å². The zero-order valence-corrected chi connectivity index (χ0v) is 13.6. The quantitative estimate of drug-likeness (QED) is 0.782. The van der Waals surface area contributed by atoms with E-state index in [1.165, 1.54) is 0 Å². The fourth-order valence-corrected chi connectivity index (χ4v) is 3.78. The summed E-state index contributed by atoms with van der Waals surface area (Å²) in [5.41, 5.74) is 2.17. The second-order valence-electron chi connectivity index (χ2n) is 5.56. The SMILES string of the molecule is C/C1=C/CCC/C=C/CN(S(=O)(=O)c2ccc(C)cc2)C1. The van der Waals surface area contributed by atoms with Gasteiger partial charge in [0, 0.05) is 13.1 Å². The number of hydrogen-bond donors (Lipinski definition) is 0. The molecule has 0 radical (unpaired) electrons. The van der Waals surface area contributed by atoms with Gasteiger partial charge in [-0.1, -0.05) is 41.5 Å². The van der Waals surface area contributed by atoms with Gasteiger partial charge >= 0.3 is 0 Å². The minimum absolute atomic E-state index is 0.367. The molecule has 1 aliphatic rings. The van der Waals surface area contributed by atoms with Crippen molar-refractivity contribution in [2.75, 3.05) is 13.1 Å². The Morgan fingerprint density at radius 2 is 1.71 bits per heavy atom. The van der Waals surface area contributed by atoms with E-state index in [0.29, 0.717) is 18.0 Å². The number of allylic oxidation sites excluding steroid dienone is 2. The molecule has 114 valence electrons. The highest BCUT2D eigenvalue weighted by Crippen LogP contribution is 2.18. The Morgan fingerprint density at radius 1 is 1.00 bits per heavy atom. The number of rotatable bonds is 2. The molecular formula is C17H23NO2S. The maximum absolute atomic E-state index is 12.8. The first-order chi connectivity index (χ1) is 10.00. The molecule has 0 aliphatic carbocycles. The molecule has 0 aromatic heterocycles. The van der Waals surface area contributed by atoms with E-state index in [4.69, 9.17) is 0 Å². The van der Waals surface area contributed by atoms with Crippen LogP contribution in [0.1, 0.15) is 31.7 Å². The first kappa shape index (κ1) is 16.0. The van der Waals surface area contributed by atoms with Gasteiger partial charge in [0.25, 0.3) is 0 Å². The molecular weight excluding hydrogens is 282 g/mol. The van der Waals surface area contributed by atoms with Gasteiger partial charge < -0.3 is 0 Å². The molecule has 2 rings (SSSR count). The molecule has 0 saturated heterocycles. The zero-order chi connectivity index (χ0) is 15.3. The molecule has 21 heavy (non-hydrogen) atoms. The summed E-state index contributed by atoms with van der Waals surface area (Å²) < 4.78 is 27.1. The summed E-state index contributed by atoms with van der Waals surface area (Å²) >= 11 is 0. The molecule has 1 aromatic rings. The smallest absolute Gasteiger partial charge is 0.207 e. The lowest BCUT2D eigenvalue weighted by Crippen LogP contribution is -2.33. The summed E-state index contributed by atoms with van der Waals surface area (Å²) in [5.74, 6) is 0. The Bertz CT molecular complexity index is 627. The third-order valence-corrected chi connectivity index (χ3v) is 5.45. The molecule has 1 aliphatic heterocycles. The highest BCUT2D eigenvalue weighted by molar-refractivity contribution is 7.89. The molecule has 0 bridgehead atoms. The first-order valence-corrected chi connectivity index (χ1v) is 8.81. The van der Waals surface area contributed by atoms with Crippen LogP contribution in [0.5, 0.6) is 0 Å². The molecule has 0 unspecified atom stereocenters. The van der Waals surface area contributed by atoms with Crippen molar-refractivity contribution in [3.8, 4) is 0 Å². The van der Waals surface area contributed by atoms with Crippen molar-refractivity contribution in [1.29, 1.82) is 0 Å². The Hall–Kier alpha value is -1.39. The molecule has 0 amide bonds. The van der Waals surface area contributed by atoms with E-state index in [0.717, 1.165) is 30.4 Å². The lowest BCUT2D eigenvalue weighted by molar-refractivity contribution is 0.465. The third-order valence-electron chi connectivity index (χ3n) is 3.63. The number of sulfonamides is 1. The highest BCUT2D eigenvalue weighted by atomic mass is 32.2. The van der Waals surface area contributed by atoms with Gasteiger partial charge in [0.05, 0.1) is 4.90 Å². The molecule has 1 aromatic carbocycles. The van der Waals surface area contributed by atoms with Crippen molar-refractivity contribution in [1.82, 2.24) is 4.31 Å². The van der Waals surface area contributed by atoms with Crippen LogP contribution in [0.25, 0.3) is 0 Å². The highest BCUT2D eigenvalue weighted by Gasteiger charge is 2.23. The predicted molar refractivity (Wildman–Crippen MR) is 86.7 cm³/mol. The molecule has 0 atom stereocenters. The summed E-state index contributed by atoms with van der Waals surface area (Å²) in [6.07, 6.45) is 9.32. The summed E-state index contributed by atoms with van der Waals surface area (Å²) in [4.78, 5) is 0.367. The lowest BCUT2D eigenvalue weighted by atomic mass is 10.1. The summed E-state index contributed by atoms with van der Waals surface area (Å²) in [5, 5.41) is 0. The second-order valence-corrected chi connectivity index (χ2v) is 7.50. The van der Waals surface area contributed by atoms with Gasteiger partial charge in [-0.2, -0.15) is 4.31 Å². The minimum Gasteiger partial charge on any atom is -0.207 e. The van der Waals surface area contributed by atoms with E-state index in [2.05, 4.69) is 12.2 Å². The predicted octanol–water partition coefficient (Wildman–Crippen LogP) is 3.67. The Labute approximate surface area is 128 Å². The molecule has 0 N–H and O–H groups in total. The third kappa shape index (κ3) is 4.29. The molecule has 0 spiro atoms. The van der Waals surface area contributed by atoms with Gasteiger partial charge in [0.1, 0.15) is 0 Å². The van der Waals surface area contributed by atoms with Crippen molar-refractivity contribution in [2.24, 2.45) is 0 Å². The van der Waals surface area contributed by atoms with E-state index in [1.54, 1.807) is 16.4 Å². The maximum atomic E-state index is 12.8. The van der Waals surface area contributed by atoms with Crippen molar-refractivity contribution < 1.29 is 8.42 Å². The second kappa shape index (κ2) is 7.05. The first-order valence-electron chi connectivity index (χ1n) is 7.37. The van der Waals surface area contributed by atoms with Gasteiger partial charge in [-0.3, -0.25) is 0 Å².